The number of nitrogens with one attached hydrogen (secondary N) is 1. The van der Waals surface area contributed by atoms with Crippen LogP contribution < -0.4 is 19.8 Å². The first kappa shape index (κ1) is 23.3. The summed E-state index contributed by atoms with van der Waals surface area (Å²) in [5.41, 5.74) is 4.05. The van der Waals surface area contributed by atoms with E-state index in [4.69, 9.17) is 9.47 Å². The minimum atomic E-state index is -0.459. The molecule has 9 heteroatoms. The minimum absolute atomic E-state index is 0.0803. The minimum Gasteiger partial charge on any atom is -0.490 e. The number of benzene rings is 2. The fourth-order valence-electron chi connectivity index (χ4n) is 3.23. The summed E-state index contributed by atoms with van der Waals surface area (Å²) in [6, 6.07) is 11.1. The van der Waals surface area contributed by atoms with Gasteiger partial charge in [0.25, 0.3) is 0 Å². The Morgan fingerprint density at radius 2 is 1.90 bits per heavy atom. The van der Waals surface area contributed by atoms with Crippen molar-refractivity contribution in [2.75, 3.05) is 24.7 Å². The lowest BCUT2D eigenvalue weighted by molar-refractivity contribution is -0.126. The second-order valence-electron chi connectivity index (χ2n) is 6.81. The second kappa shape index (κ2) is 10.8. The van der Waals surface area contributed by atoms with E-state index >= 15 is 0 Å². The largest absolute Gasteiger partial charge is 0.490 e. The van der Waals surface area contributed by atoms with Gasteiger partial charge in [-0.05, 0) is 71.7 Å². The first-order chi connectivity index (χ1) is 14.9. The SMILES string of the molecule is CCOc1cc(/C=N\NC(=O)[C@@H]2CC(=O)N(c3ccc(Br)cc3)C2)cc(Br)c1OCC. The van der Waals surface area contributed by atoms with Gasteiger partial charge >= 0.3 is 0 Å². The molecule has 1 saturated heterocycles. The molecule has 0 radical (unpaired) electrons. The summed E-state index contributed by atoms with van der Waals surface area (Å²) in [5, 5.41) is 4.06. The lowest BCUT2D eigenvalue weighted by Crippen LogP contribution is -2.30. The van der Waals surface area contributed by atoms with Gasteiger partial charge in [0.15, 0.2) is 11.5 Å². The predicted molar refractivity (Wildman–Crippen MR) is 127 cm³/mol. The summed E-state index contributed by atoms with van der Waals surface area (Å²) in [6.45, 7) is 5.13. The average Bonchev–Trinajstić information content (AvgIpc) is 3.13. The number of rotatable bonds is 8. The van der Waals surface area contributed by atoms with Gasteiger partial charge in [-0.15, -0.1) is 0 Å². The number of carbonyl (C=O) groups excluding carboxylic acids is 2. The maximum Gasteiger partial charge on any atom is 0.245 e. The van der Waals surface area contributed by atoms with E-state index in [1.54, 1.807) is 11.0 Å². The van der Waals surface area contributed by atoms with E-state index in [1.165, 1.54) is 6.21 Å². The molecule has 2 aromatic rings. The third-order valence-corrected chi connectivity index (χ3v) is 5.76. The number of carbonyl (C=O) groups is 2. The highest BCUT2D eigenvalue weighted by Crippen LogP contribution is 2.36. The Kier molecular flexibility index (Phi) is 8.09. The van der Waals surface area contributed by atoms with Gasteiger partial charge < -0.3 is 14.4 Å². The van der Waals surface area contributed by atoms with Crippen molar-refractivity contribution in [3.8, 4) is 11.5 Å². The molecule has 164 valence electrons. The molecule has 0 saturated carbocycles. The van der Waals surface area contributed by atoms with Gasteiger partial charge in [0.2, 0.25) is 11.8 Å². The van der Waals surface area contributed by atoms with E-state index in [2.05, 4.69) is 42.4 Å². The maximum absolute atomic E-state index is 12.5. The molecule has 0 aromatic heterocycles. The summed E-state index contributed by atoms with van der Waals surface area (Å²) >= 11 is 6.86. The van der Waals surface area contributed by atoms with Gasteiger partial charge in [-0.1, -0.05) is 15.9 Å². The van der Waals surface area contributed by atoms with Crippen LogP contribution in [-0.2, 0) is 9.59 Å². The zero-order valence-corrected chi connectivity index (χ0v) is 20.4. The maximum atomic E-state index is 12.5. The van der Waals surface area contributed by atoms with Crippen LogP contribution in [0, 0.1) is 5.92 Å². The monoisotopic (exact) mass is 551 g/mol. The van der Waals surface area contributed by atoms with Gasteiger partial charge in [-0.3, -0.25) is 9.59 Å². The number of amides is 2. The Morgan fingerprint density at radius 1 is 1.19 bits per heavy atom. The number of nitrogens with zero attached hydrogens (tertiary/aromatic N) is 2. The van der Waals surface area contributed by atoms with E-state index in [9.17, 15) is 9.59 Å². The van der Waals surface area contributed by atoms with Crippen LogP contribution in [0.25, 0.3) is 0 Å². The molecule has 2 amide bonds. The Hall–Kier alpha value is -2.39. The third-order valence-electron chi connectivity index (χ3n) is 4.64. The third kappa shape index (κ3) is 5.86. The molecule has 0 aliphatic carbocycles. The van der Waals surface area contributed by atoms with Crippen molar-refractivity contribution in [2.24, 2.45) is 11.0 Å². The first-order valence-electron chi connectivity index (χ1n) is 9.90. The topological polar surface area (TPSA) is 80.2 Å². The van der Waals surface area contributed by atoms with E-state index in [1.807, 2.05) is 44.2 Å². The Labute approximate surface area is 198 Å². The highest BCUT2D eigenvalue weighted by atomic mass is 79.9. The molecule has 1 aliphatic rings. The molecule has 1 heterocycles. The molecule has 7 nitrogen and oxygen atoms in total. The molecule has 2 aromatic carbocycles. The van der Waals surface area contributed by atoms with Crippen molar-refractivity contribution >= 4 is 55.6 Å². The predicted octanol–water partition coefficient (Wildman–Crippen LogP) is 4.51. The number of hydrogen-bond acceptors (Lipinski definition) is 5. The van der Waals surface area contributed by atoms with Crippen LogP contribution in [0.15, 0.2) is 50.4 Å². The van der Waals surface area contributed by atoms with Gasteiger partial charge in [-0.2, -0.15) is 5.10 Å². The standard InChI is InChI=1S/C22H23Br2N3O4/c1-3-30-19-10-14(9-18(24)21(19)31-4-2)12-25-26-22(29)15-11-20(28)27(13-15)17-7-5-16(23)6-8-17/h5-10,12,15H,3-4,11,13H2,1-2H3,(H,26,29)/b25-12-/t15-/m1/s1. The van der Waals surface area contributed by atoms with Gasteiger partial charge in [-0.25, -0.2) is 5.43 Å². The van der Waals surface area contributed by atoms with Gasteiger partial charge in [0, 0.05) is 23.1 Å². The zero-order valence-electron chi connectivity index (χ0n) is 17.2. The Morgan fingerprint density at radius 3 is 2.58 bits per heavy atom. The lowest BCUT2D eigenvalue weighted by Gasteiger charge is -2.16. The van der Waals surface area contributed by atoms with Crippen molar-refractivity contribution in [1.82, 2.24) is 5.43 Å². The van der Waals surface area contributed by atoms with Crippen molar-refractivity contribution in [3.63, 3.8) is 0 Å². The van der Waals surface area contributed by atoms with Crippen LogP contribution in [0.1, 0.15) is 25.8 Å². The second-order valence-corrected chi connectivity index (χ2v) is 8.58. The molecule has 1 aliphatic heterocycles. The number of hydrogen-bond donors (Lipinski definition) is 1. The summed E-state index contributed by atoms with van der Waals surface area (Å²) in [6.07, 6.45) is 1.69. The van der Waals surface area contributed by atoms with Crippen molar-refractivity contribution in [1.29, 1.82) is 0 Å². The van der Waals surface area contributed by atoms with Crippen LogP contribution in [0.2, 0.25) is 0 Å². The van der Waals surface area contributed by atoms with Gasteiger partial charge in [0.1, 0.15) is 0 Å². The lowest BCUT2D eigenvalue weighted by atomic mass is 10.1. The fraction of sp³-hybridized carbons (Fsp3) is 0.318. The molecule has 1 atom stereocenters. The van der Waals surface area contributed by atoms with Crippen molar-refractivity contribution in [2.45, 2.75) is 20.3 Å². The van der Waals surface area contributed by atoms with Crippen molar-refractivity contribution < 1.29 is 19.1 Å². The number of anilines is 1. The number of hydrazone groups is 1. The molecular formula is C22H23Br2N3O4. The summed E-state index contributed by atoms with van der Waals surface area (Å²) in [7, 11) is 0. The smallest absolute Gasteiger partial charge is 0.245 e. The number of ether oxygens (including phenoxy) is 2. The highest BCUT2D eigenvalue weighted by molar-refractivity contribution is 9.10. The normalized spacial score (nSPS) is 16.1. The number of halogens is 2. The average molecular weight is 553 g/mol. The summed E-state index contributed by atoms with van der Waals surface area (Å²) in [5.74, 6) is 0.392. The molecule has 0 unspecified atom stereocenters. The van der Waals surface area contributed by atoms with Crippen LogP contribution in [0.3, 0.4) is 0 Å². The molecule has 1 N–H and O–H groups in total. The summed E-state index contributed by atoms with van der Waals surface area (Å²) < 4.78 is 12.9. The Balaban J connectivity index is 1.64. The highest BCUT2D eigenvalue weighted by Gasteiger charge is 2.35. The van der Waals surface area contributed by atoms with Crippen LogP contribution in [0.5, 0.6) is 11.5 Å². The van der Waals surface area contributed by atoms with Crippen LogP contribution in [0.4, 0.5) is 5.69 Å². The molecule has 3 rings (SSSR count). The molecule has 0 bridgehead atoms. The zero-order chi connectivity index (χ0) is 22.4. The quantitative estimate of drug-likeness (QED) is 0.386. The fourth-order valence-corrected chi connectivity index (χ4v) is 4.06. The van der Waals surface area contributed by atoms with Crippen LogP contribution >= 0.6 is 31.9 Å². The first-order valence-corrected chi connectivity index (χ1v) is 11.5. The molecular weight excluding hydrogens is 530 g/mol. The van der Waals surface area contributed by atoms with Crippen LogP contribution in [-0.4, -0.2) is 37.8 Å². The molecule has 0 spiro atoms. The molecule has 1 fully saturated rings. The van der Waals surface area contributed by atoms with E-state index in [0.717, 1.165) is 20.2 Å². The van der Waals surface area contributed by atoms with E-state index in [0.29, 0.717) is 31.3 Å². The van der Waals surface area contributed by atoms with E-state index < -0.39 is 5.92 Å². The van der Waals surface area contributed by atoms with Crippen molar-refractivity contribution in [3.05, 3.63) is 50.9 Å². The summed E-state index contributed by atoms with van der Waals surface area (Å²) in [4.78, 5) is 26.5. The van der Waals surface area contributed by atoms with E-state index in [-0.39, 0.29) is 18.2 Å². The Bertz CT molecular complexity index is 979. The molecule has 31 heavy (non-hydrogen) atoms. The van der Waals surface area contributed by atoms with Gasteiger partial charge in [0.05, 0.1) is 29.8 Å².